The molecule has 0 rings (SSSR count). The summed E-state index contributed by atoms with van der Waals surface area (Å²) in [7, 11) is -3.59. The van der Waals surface area contributed by atoms with Gasteiger partial charge >= 0.3 is 0 Å². The fourth-order valence-corrected chi connectivity index (χ4v) is 1.72. The second-order valence-corrected chi connectivity index (χ2v) is 5.31. The van der Waals surface area contributed by atoms with E-state index in [0.29, 0.717) is 0 Å². The molecule has 2 nitrogen and oxygen atoms in total. The van der Waals surface area contributed by atoms with Gasteiger partial charge in [-0.2, -0.15) is 0 Å². The first-order valence-electron chi connectivity index (χ1n) is 3.31. The quantitative estimate of drug-likeness (QED) is 0.659. The summed E-state index contributed by atoms with van der Waals surface area (Å²) in [5.74, 6) is 0. The SMILES string of the molecule is CC(CF)S(=O)(=O)C(C)CF. The van der Waals surface area contributed by atoms with E-state index in [1.165, 1.54) is 13.8 Å². The Hall–Kier alpha value is -0.190. The Morgan fingerprint density at radius 3 is 1.55 bits per heavy atom. The summed E-state index contributed by atoms with van der Waals surface area (Å²) in [6.45, 7) is 0.572. The molecule has 0 aliphatic heterocycles. The molecule has 0 aromatic rings. The third-order valence-electron chi connectivity index (χ3n) is 1.56. The van der Waals surface area contributed by atoms with Crippen LogP contribution in [-0.2, 0) is 9.84 Å². The van der Waals surface area contributed by atoms with E-state index in [4.69, 9.17) is 0 Å². The predicted molar refractivity (Wildman–Crippen MR) is 39.8 cm³/mol. The number of halogens is 2. The molecule has 0 bridgehead atoms. The smallest absolute Gasteiger partial charge is 0.160 e. The molecule has 0 N–H and O–H groups in total. The molecule has 68 valence electrons. The van der Waals surface area contributed by atoms with Crippen LogP contribution in [0.4, 0.5) is 8.78 Å². The number of rotatable bonds is 4. The molecule has 0 aliphatic carbocycles. The van der Waals surface area contributed by atoms with Crippen molar-refractivity contribution in [2.24, 2.45) is 0 Å². The Labute approximate surface area is 65.5 Å². The minimum atomic E-state index is -3.59. The Morgan fingerprint density at radius 1 is 1.09 bits per heavy atom. The molecule has 0 saturated heterocycles. The number of hydrogen-bond acceptors (Lipinski definition) is 2. The summed E-state index contributed by atoms with van der Waals surface area (Å²) in [5, 5.41) is -2.18. The zero-order valence-electron chi connectivity index (χ0n) is 6.55. The zero-order valence-corrected chi connectivity index (χ0v) is 7.37. The van der Waals surface area contributed by atoms with Crippen molar-refractivity contribution in [1.82, 2.24) is 0 Å². The van der Waals surface area contributed by atoms with E-state index in [9.17, 15) is 17.2 Å². The third-order valence-corrected chi connectivity index (χ3v) is 4.05. The summed E-state index contributed by atoms with van der Waals surface area (Å²) < 4.78 is 45.8. The highest BCUT2D eigenvalue weighted by Crippen LogP contribution is 2.10. The van der Waals surface area contributed by atoms with Crippen LogP contribution in [0.15, 0.2) is 0 Å². The molecule has 0 radical (unpaired) electrons. The molecule has 5 heteroatoms. The first-order chi connectivity index (χ1) is 4.96. The Kier molecular flexibility index (Phi) is 3.92. The van der Waals surface area contributed by atoms with Crippen LogP contribution in [0, 0.1) is 0 Å². The maximum Gasteiger partial charge on any atom is 0.160 e. The monoisotopic (exact) mass is 186 g/mol. The van der Waals surface area contributed by atoms with Gasteiger partial charge in [-0.3, -0.25) is 0 Å². The number of sulfone groups is 1. The summed E-state index contributed by atoms with van der Waals surface area (Å²) in [6, 6.07) is 0. The summed E-state index contributed by atoms with van der Waals surface area (Å²) in [5.41, 5.74) is 0. The van der Waals surface area contributed by atoms with Crippen molar-refractivity contribution in [2.45, 2.75) is 24.3 Å². The highest BCUT2D eigenvalue weighted by Gasteiger charge is 2.27. The van der Waals surface area contributed by atoms with Gasteiger partial charge in [0.2, 0.25) is 0 Å². The summed E-state index contributed by atoms with van der Waals surface area (Å²) >= 11 is 0. The van der Waals surface area contributed by atoms with Crippen molar-refractivity contribution in [3.63, 3.8) is 0 Å². The molecule has 0 aromatic heterocycles. The normalized spacial score (nSPS) is 17.8. The predicted octanol–water partition coefficient (Wildman–Crippen LogP) is 1.12. The van der Waals surface area contributed by atoms with E-state index in [2.05, 4.69) is 0 Å². The fourth-order valence-electron chi connectivity index (χ4n) is 0.572. The van der Waals surface area contributed by atoms with Gasteiger partial charge in [-0.15, -0.1) is 0 Å². The molecule has 0 saturated carbocycles. The topological polar surface area (TPSA) is 34.1 Å². The van der Waals surface area contributed by atoms with Crippen molar-refractivity contribution in [3.05, 3.63) is 0 Å². The van der Waals surface area contributed by atoms with Crippen LogP contribution < -0.4 is 0 Å². The van der Waals surface area contributed by atoms with E-state index in [1.807, 2.05) is 0 Å². The second-order valence-electron chi connectivity index (χ2n) is 2.52. The number of hydrogen-bond donors (Lipinski definition) is 0. The highest BCUT2D eigenvalue weighted by atomic mass is 32.2. The Bertz CT molecular complexity index is 185. The van der Waals surface area contributed by atoms with Gasteiger partial charge in [0.05, 0.1) is 10.5 Å². The second kappa shape index (κ2) is 3.99. The standard InChI is InChI=1S/C6H12F2O2S/c1-5(3-7)11(9,10)6(2)4-8/h5-6H,3-4H2,1-2H3. The lowest BCUT2D eigenvalue weighted by Crippen LogP contribution is -2.30. The maximum absolute atomic E-state index is 11.9. The fraction of sp³-hybridized carbons (Fsp3) is 1.00. The average Bonchev–Trinajstić information content (AvgIpc) is 2.01. The molecule has 0 amide bonds. The summed E-state index contributed by atoms with van der Waals surface area (Å²) in [4.78, 5) is 0. The van der Waals surface area contributed by atoms with Crippen molar-refractivity contribution >= 4 is 9.84 Å². The van der Waals surface area contributed by atoms with Gasteiger partial charge in [-0.25, -0.2) is 17.2 Å². The molecule has 2 unspecified atom stereocenters. The van der Waals surface area contributed by atoms with Crippen LogP contribution in [0.5, 0.6) is 0 Å². The molecular formula is C6H12F2O2S. The minimum absolute atomic E-state index is 0.952. The van der Waals surface area contributed by atoms with E-state index < -0.39 is 33.7 Å². The Morgan fingerprint density at radius 2 is 1.36 bits per heavy atom. The number of alkyl halides is 2. The molecule has 0 aromatic carbocycles. The van der Waals surface area contributed by atoms with E-state index in [-0.39, 0.29) is 0 Å². The van der Waals surface area contributed by atoms with Crippen LogP contribution in [0.3, 0.4) is 0 Å². The van der Waals surface area contributed by atoms with Crippen LogP contribution in [0.25, 0.3) is 0 Å². The van der Waals surface area contributed by atoms with Gasteiger partial charge in [-0.05, 0) is 13.8 Å². The van der Waals surface area contributed by atoms with Gasteiger partial charge < -0.3 is 0 Å². The van der Waals surface area contributed by atoms with Crippen LogP contribution in [0.2, 0.25) is 0 Å². The van der Waals surface area contributed by atoms with E-state index in [0.717, 1.165) is 0 Å². The lowest BCUT2D eigenvalue weighted by Gasteiger charge is -2.12. The van der Waals surface area contributed by atoms with E-state index in [1.54, 1.807) is 0 Å². The van der Waals surface area contributed by atoms with Crippen molar-refractivity contribution < 1.29 is 17.2 Å². The lowest BCUT2D eigenvalue weighted by atomic mass is 10.5. The third kappa shape index (κ3) is 2.39. The van der Waals surface area contributed by atoms with Gasteiger partial charge in [0.15, 0.2) is 9.84 Å². The molecular weight excluding hydrogens is 174 g/mol. The molecule has 0 heterocycles. The lowest BCUT2D eigenvalue weighted by molar-refractivity contribution is 0.451. The van der Waals surface area contributed by atoms with Gasteiger partial charge in [0, 0.05) is 0 Å². The molecule has 11 heavy (non-hydrogen) atoms. The minimum Gasteiger partial charge on any atom is -0.250 e. The first-order valence-corrected chi connectivity index (χ1v) is 4.92. The molecule has 0 aliphatic rings. The Balaban J connectivity index is 4.46. The zero-order chi connectivity index (χ0) is 9.07. The summed E-state index contributed by atoms with van der Waals surface area (Å²) in [6.07, 6.45) is 0. The van der Waals surface area contributed by atoms with Gasteiger partial charge in [0.25, 0.3) is 0 Å². The largest absolute Gasteiger partial charge is 0.250 e. The van der Waals surface area contributed by atoms with Crippen molar-refractivity contribution in [2.75, 3.05) is 13.3 Å². The van der Waals surface area contributed by atoms with Gasteiger partial charge in [0.1, 0.15) is 13.3 Å². The van der Waals surface area contributed by atoms with Crippen molar-refractivity contribution in [3.8, 4) is 0 Å². The van der Waals surface area contributed by atoms with Crippen molar-refractivity contribution in [1.29, 1.82) is 0 Å². The average molecular weight is 186 g/mol. The first kappa shape index (κ1) is 10.8. The maximum atomic E-state index is 11.9. The molecule has 0 spiro atoms. The van der Waals surface area contributed by atoms with Gasteiger partial charge in [-0.1, -0.05) is 0 Å². The molecule has 0 fully saturated rings. The highest BCUT2D eigenvalue weighted by molar-refractivity contribution is 7.92. The van der Waals surface area contributed by atoms with E-state index >= 15 is 0 Å². The van der Waals surface area contributed by atoms with Crippen LogP contribution in [0.1, 0.15) is 13.8 Å². The molecule has 2 atom stereocenters. The van der Waals surface area contributed by atoms with Crippen LogP contribution in [-0.4, -0.2) is 32.3 Å². The van der Waals surface area contributed by atoms with Crippen LogP contribution >= 0.6 is 0 Å².